The summed E-state index contributed by atoms with van der Waals surface area (Å²) in [5.74, 6) is -1.02. The molecule has 1 unspecified atom stereocenters. The van der Waals surface area contributed by atoms with E-state index in [0.717, 1.165) is 19.3 Å². The van der Waals surface area contributed by atoms with E-state index in [-0.39, 0.29) is 11.8 Å². The number of nitrogens with one attached hydrogen (secondary N) is 1. The molecule has 1 aliphatic carbocycles. The molecule has 5 atom stereocenters. The van der Waals surface area contributed by atoms with Crippen LogP contribution in [0, 0.1) is 11.8 Å². The van der Waals surface area contributed by atoms with Crippen LogP contribution < -0.4 is 5.32 Å². The molecule has 0 saturated carbocycles. The number of fused-ring (bicyclic) bond motifs is 1. The van der Waals surface area contributed by atoms with Gasteiger partial charge in [-0.15, -0.1) is 11.6 Å². The number of carbonyl (C=O) groups excluding carboxylic acids is 2. The highest BCUT2D eigenvalue weighted by Crippen LogP contribution is 2.45. The van der Waals surface area contributed by atoms with Crippen LogP contribution in [0.4, 0.5) is 0 Å². The zero-order valence-electron chi connectivity index (χ0n) is 11.0. The molecule has 3 rings (SSSR count). The SMILES string of the molecule is O=C1N[C@@]2([C@@H](O)[C@@H]3C=CCCC3)C(=O)OC2[C@H]1CCCl. The summed E-state index contributed by atoms with van der Waals surface area (Å²) in [4.78, 5) is 24.0. The Hall–Kier alpha value is -1.07. The summed E-state index contributed by atoms with van der Waals surface area (Å²) in [7, 11) is 0. The molecular weight excluding hydrogens is 282 g/mol. The topological polar surface area (TPSA) is 75.6 Å². The zero-order valence-corrected chi connectivity index (χ0v) is 11.8. The second-order valence-electron chi connectivity index (χ2n) is 5.74. The molecule has 0 spiro atoms. The van der Waals surface area contributed by atoms with E-state index >= 15 is 0 Å². The van der Waals surface area contributed by atoms with E-state index in [4.69, 9.17) is 16.3 Å². The van der Waals surface area contributed by atoms with Crippen LogP contribution in [0.3, 0.4) is 0 Å². The molecule has 110 valence electrons. The Morgan fingerprint density at radius 1 is 1.55 bits per heavy atom. The maximum Gasteiger partial charge on any atom is 0.339 e. The first-order chi connectivity index (χ1) is 9.61. The van der Waals surface area contributed by atoms with Gasteiger partial charge in [0.2, 0.25) is 11.4 Å². The Balaban J connectivity index is 1.86. The molecule has 2 fully saturated rings. The second-order valence-corrected chi connectivity index (χ2v) is 6.11. The lowest BCUT2D eigenvalue weighted by molar-refractivity contribution is -0.207. The molecule has 2 N–H and O–H groups in total. The number of alkyl halides is 1. The first kappa shape index (κ1) is 13.9. The van der Waals surface area contributed by atoms with Crippen LogP contribution in [0.2, 0.25) is 0 Å². The predicted molar refractivity (Wildman–Crippen MR) is 72.1 cm³/mol. The number of aliphatic hydroxyl groups excluding tert-OH is 1. The summed E-state index contributed by atoms with van der Waals surface area (Å²) in [6.45, 7) is 0. The molecule has 0 aromatic carbocycles. The largest absolute Gasteiger partial charge is 0.456 e. The fourth-order valence-corrected chi connectivity index (χ4v) is 3.76. The van der Waals surface area contributed by atoms with Crippen LogP contribution in [0.1, 0.15) is 25.7 Å². The van der Waals surface area contributed by atoms with Crippen molar-refractivity contribution < 1.29 is 19.4 Å². The Bertz CT molecular complexity index is 466. The third-order valence-corrected chi connectivity index (χ3v) is 4.85. The average molecular weight is 300 g/mol. The first-order valence-electron chi connectivity index (χ1n) is 7.05. The van der Waals surface area contributed by atoms with Gasteiger partial charge in [0, 0.05) is 11.8 Å². The van der Waals surface area contributed by atoms with Crippen molar-refractivity contribution in [1.82, 2.24) is 5.32 Å². The number of hydrogen-bond donors (Lipinski definition) is 2. The minimum atomic E-state index is -1.26. The number of esters is 1. The van der Waals surface area contributed by atoms with E-state index in [1.807, 2.05) is 12.2 Å². The number of rotatable bonds is 4. The number of halogens is 1. The maximum atomic E-state index is 12.0. The number of allylic oxidation sites excluding steroid dienone is 1. The van der Waals surface area contributed by atoms with Crippen LogP contribution in [0.15, 0.2) is 12.2 Å². The van der Waals surface area contributed by atoms with Crippen molar-refractivity contribution in [2.45, 2.75) is 43.4 Å². The minimum Gasteiger partial charge on any atom is -0.456 e. The predicted octanol–water partition coefficient (Wildman–Crippen LogP) is 0.743. The summed E-state index contributed by atoms with van der Waals surface area (Å²) in [5, 5.41) is 13.3. The van der Waals surface area contributed by atoms with Crippen molar-refractivity contribution in [2.75, 3.05) is 5.88 Å². The van der Waals surface area contributed by atoms with Gasteiger partial charge in [-0.05, 0) is 25.7 Å². The molecule has 2 heterocycles. The lowest BCUT2D eigenvalue weighted by Gasteiger charge is -2.47. The summed E-state index contributed by atoms with van der Waals surface area (Å²) in [5.41, 5.74) is -1.26. The van der Waals surface area contributed by atoms with E-state index in [9.17, 15) is 14.7 Å². The number of ether oxygens (including phenoxy) is 1. The molecule has 2 aliphatic heterocycles. The van der Waals surface area contributed by atoms with Gasteiger partial charge in [0.1, 0.15) is 6.10 Å². The highest BCUT2D eigenvalue weighted by Gasteiger charge is 2.72. The Morgan fingerprint density at radius 3 is 2.95 bits per heavy atom. The number of amides is 1. The Kier molecular flexibility index (Phi) is 3.50. The summed E-state index contributed by atoms with van der Waals surface area (Å²) < 4.78 is 5.15. The third-order valence-electron chi connectivity index (χ3n) is 4.64. The Labute approximate surface area is 122 Å². The van der Waals surface area contributed by atoms with Crippen molar-refractivity contribution in [3.8, 4) is 0 Å². The fourth-order valence-electron chi connectivity index (χ4n) is 3.52. The van der Waals surface area contributed by atoms with Gasteiger partial charge in [-0.3, -0.25) is 4.79 Å². The number of hydrogen-bond acceptors (Lipinski definition) is 4. The van der Waals surface area contributed by atoms with Gasteiger partial charge < -0.3 is 15.2 Å². The van der Waals surface area contributed by atoms with Crippen LogP contribution in [-0.2, 0) is 14.3 Å². The Morgan fingerprint density at radius 2 is 2.35 bits per heavy atom. The van der Waals surface area contributed by atoms with Crippen LogP contribution in [-0.4, -0.2) is 40.6 Å². The van der Waals surface area contributed by atoms with Gasteiger partial charge in [0.25, 0.3) is 0 Å². The molecule has 0 aromatic heterocycles. The summed E-state index contributed by atoms with van der Waals surface area (Å²) >= 11 is 5.70. The lowest BCUT2D eigenvalue weighted by Crippen LogP contribution is -2.74. The summed E-state index contributed by atoms with van der Waals surface area (Å²) in [6, 6.07) is 0. The van der Waals surface area contributed by atoms with Crippen molar-refractivity contribution >= 4 is 23.5 Å². The maximum absolute atomic E-state index is 12.0. The number of aliphatic hydroxyl groups is 1. The second kappa shape index (κ2) is 5.04. The highest BCUT2D eigenvalue weighted by molar-refractivity contribution is 6.18. The van der Waals surface area contributed by atoms with Gasteiger partial charge in [0.15, 0.2) is 0 Å². The smallest absolute Gasteiger partial charge is 0.339 e. The quantitative estimate of drug-likeness (QED) is 0.456. The average Bonchev–Trinajstić information content (AvgIpc) is 2.69. The summed E-state index contributed by atoms with van der Waals surface area (Å²) in [6.07, 6.45) is 5.65. The van der Waals surface area contributed by atoms with E-state index in [0.29, 0.717) is 12.3 Å². The van der Waals surface area contributed by atoms with E-state index in [2.05, 4.69) is 5.32 Å². The normalized spacial score (nSPS) is 40.6. The standard InChI is InChI=1S/C14H18ClNO4/c15-7-6-9-11-14(13(19)20-11,16-12(9)18)10(17)8-4-2-1-3-5-8/h2,4,8-11,17H,1,3,5-7H2,(H,16,18)/t8-,9-,10+,11?,14-/m1/s1. The third kappa shape index (κ3) is 1.79. The van der Waals surface area contributed by atoms with Gasteiger partial charge in [-0.1, -0.05) is 12.2 Å². The van der Waals surface area contributed by atoms with Gasteiger partial charge in [-0.2, -0.15) is 0 Å². The van der Waals surface area contributed by atoms with Gasteiger partial charge in [-0.25, -0.2) is 4.79 Å². The van der Waals surface area contributed by atoms with Crippen LogP contribution in [0.25, 0.3) is 0 Å². The molecule has 20 heavy (non-hydrogen) atoms. The molecule has 3 aliphatic rings. The van der Waals surface area contributed by atoms with Gasteiger partial charge in [0.05, 0.1) is 12.0 Å². The molecular formula is C14H18ClNO4. The fraction of sp³-hybridized carbons (Fsp3) is 0.714. The van der Waals surface area contributed by atoms with Crippen molar-refractivity contribution in [2.24, 2.45) is 11.8 Å². The molecule has 0 bridgehead atoms. The zero-order chi connectivity index (χ0) is 14.3. The molecule has 0 radical (unpaired) electrons. The van der Waals surface area contributed by atoms with E-state index < -0.39 is 29.6 Å². The van der Waals surface area contributed by atoms with Crippen molar-refractivity contribution in [3.05, 3.63) is 12.2 Å². The van der Waals surface area contributed by atoms with Crippen molar-refractivity contribution in [3.63, 3.8) is 0 Å². The molecule has 6 heteroatoms. The first-order valence-corrected chi connectivity index (χ1v) is 7.58. The number of carbonyl (C=O) groups is 2. The monoisotopic (exact) mass is 299 g/mol. The van der Waals surface area contributed by atoms with Crippen molar-refractivity contribution in [1.29, 1.82) is 0 Å². The molecule has 2 saturated heterocycles. The van der Waals surface area contributed by atoms with Crippen LogP contribution >= 0.6 is 11.6 Å². The lowest BCUT2D eigenvalue weighted by atomic mass is 9.72. The molecule has 0 aromatic rings. The van der Waals surface area contributed by atoms with E-state index in [1.54, 1.807) is 0 Å². The molecule has 5 nitrogen and oxygen atoms in total. The minimum absolute atomic E-state index is 0.117. The highest BCUT2D eigenvalue weighted by atomic mass is 35.5. The van der Waals surface area contributed by atoms with E-state index in [1.165, 1.54) is 0 Å². The molecule has 1 amide bonds. The van der Waals surface area contributed by atoms with Crippen LogP contribution in [0.5, 0.6) is 0 Å². The van der Waals surface area contributed by atoms with Gasteiger partial charge >= 0.3 is 5.97 Å².